The molecule has 0 fully saturated rings. The van der Waals surface area contributed by atoms with E-state index in [1.165, 1.54) is 0 Å². The summed E-state index contributed by atoms with van der Waals surface area (Å²) in [5.74, 6) is 0.958. The number of nitrogens with one attached hydrogen (secondary N) is 1. The molecule has 0 aromatic heterocycles. The average molecular weight is 245 g/mol. The van der Waals surface area contributed by atoms with Crippen molar-refractivity contribution in [2.75, 3.05) is 12.8 Å². The summed E-state index contributed by atoms with van der Waals surface area (Å²) in [6.07, 6.45) is 2.31. The van der Waals surface area contributed by atoms with E-state index >= 15 is 0 Å². The van der Waals surface area contributed by atoms with Gasteiger partial charge in [-0.25, -0.2) is 5.43 Å². The van der Waals surface area contributed by atoms with Gasteiger partial charge in [-0.15, -0.1) is 0 Å². The number of nitrogen functional groups attached to an aromatic ring is 1. The Kier molecular flexibility index (Phi) is 2.47. The lowest BCUT2D eigenvalue weighted by Gasteiger charge is -2.30. The fourth-order valence-electron chi connectivity index (χ4n) is 2.79. The summed E-state index contributed by atoms with van der Waals surface area (Å²) in [6.45, 7) is 0. The lowest BCUT2D eigenvalue weighted by atomic mass is 9.79. The van der Waals surface area contributed by atoms with Crippen LogP contribution in [0.25, 0.3) is 0 Å². The number of hydrogen-bond donors (Lipinski definition) is 2. The maximum Gasteiger partial charge on any atom is 0.240 e. The van der Waals surface area contributed by atoms with Gasteiger partial charge in [0.1, 0.15) is 5.75 Å². The number of benzene rings is 1. The molecule has 1 amide bonds. The first-order valence-corrected chi connectivity index (χ1v) is 6.03. The number of methoxy groups -OCH3 is 1. The third kappa shape index (κ3) is 1.54. The average Bonchev–Trinajstić information content (AvgIpc) is 2.37. The van der Waals surface area contributed by atoms with Gasteiger partial charge in [0, 0.05) is 23.5 Å². The summed E-state index contributed by atoms with van der Waals surface area (Å²) in [5.41, 5.74) is 12.2. The van der Waals surface area contributed by atoms with Crippen LogP contribution in [-0.2, 0) is 11.2 Å². The van der Waals surface area contributed by atoms with Gasteiger partial charge >= 0.3 is 0 Å². The highest BCUT2D eigenvalue weighted by Gasteiger charge is 2.32. The van der Waals surface area contributed by atoms with Gasteiger partial charge in [0.05, 0.1) is 18.5 Å². The molecule has 1 atom stereocenters. The molecule has 5 nitrogen and oxygen atoms in total. The van der Waals surface area contributed by atoms with Crippen molar-refractivity contribution >= 4 is 17.3 Å². The van der Waals surface area contributed by atoms with Crippen molar-refractivity contribution in [3.63, 3.8) is 0 Å². The van der Waals surface area contributed by atoms with Crippen LogP contribution in [-0.4, -0.2) is 18.7 Å². The van der Waals surface area contributed by atoms with E-state index in [4.69, 9.17) is 10.5 Å². The fourth-order valence-corrected chi connectivity index (χ4v) is 2.79. The van der Waals surface area contributed by atoms with Crippen molar-refractivity contribution in [3.05, 3.63) is 23.3 Å². The number of fused-ring (bicyclic) bond motifs is 3. The summed E-state index contributed by atoms with van der Waals surface area (Å²) in [4.78, 5) is 11.3. The fraction of sp³-hybridized carbons (Fsp3) is 0.385. The van der Waals surface area contributed by atoms with Crippen LogP contribution in [0.4, 0.5) is 5.69 Å². The zero-order valence-corrected chi connectivity index (χ0v) is 10.2. The summed E-state index contributed by atoms with van der Waals surface area (Å²) in [7, 11) is 1.63. The van der Waals surface area contributed by atoms with E-state index in [1.807, 2.05) is 12.1 Å². The quantitative estimate of drug-likeness (QED) is 0.726. The van der Waals surface area contributed by atoms with Gasteiger partial charge in [-0.3, -0.25) is 4.79 Å². The number of carbonyl (C=O) groups is 1. The molecule has 94 valence electrons. The highest BCUT2D eigenvalue weighted by atomic mass is 16.5. The maximum absolute atomic E-state index is 11.3. The van der Waals surface area contributed by atoms with Crippen LogP contribution in [0.5, 0.6) is 5.75 Å². The molecule has 2 aliphatic rings. The van der Waals surface area contributed by atoms with E-state index in [1.54, 1.807) is 7.11 Å². The second-order valence-electron chi connectivity index (χ2n) is 4.69. The second-order valence-corrected chi connectivity index (χ2v) is 4.69. The Hall–Kier alpha value is -2.04. The van der Waals surface area contributed by atoms with E-state index in [0.717, 1.165) is 35.4 Å². The molecule has 0 saturated carbocycles. The van der Waals surface area contributed by atoms with Crippen molar-refractivity contribution in [1.29, 1.82) is 0 Å². The molecule has 1 heterocycles. The second kappa shape index (κ2) is 4.01. The molecule has 3 rings (SSSR count). The van der Waals surface area contributed by atoms with Crippen molar-refractivity contribution in [2.45, 2.75) is 19.3 Å². The number of hydrogen-bond acceptors (Lipinski definition) is 4. The molecule has 0 bridgehead atoms. The van der Waals surface area contributed by atoms with E-state index in [2.05, 4.69) is 10.5 Å². The first-order chi connectivity index (χ1) is 8.70. The van der Waals surface area contributed by atoms with Crippen molar-refractivity contribution < 1.29 is 9.53 Å². The SMILES string of the molecule is COc1c(N)ccc2c1CCC1CC(=O)NN=C21. The van der Waals surface area contributed by atoms with Crippen LogP contribution in [0, 0.1) is 5.92 Å². The van der Waals surface area contributed by atoms with Crippen molar-refractivity contribution in [1.82, 2.24) is 5.43 Å². The van der Waals surface area contributed by atoms with Crippen LogP contribution in [0.1, 0.15) is 24.0 Å². The third-order valence-corrected chi connectivity index (χ3v) is 3.63. The predicted molar refractivity (Wildman–Crippen MR) is 68.5 cm³/mol. The summed E-state index contributed by atoms with van der Waals surface area (Å²) in [6, 6.07) is 3.80. The summed E-state index contributed by atoms with van der Waals surface area (Å²) >= 11 is 0. The topological polar surface area (TPSA) is 76.7 Å². The minimum atomic E-state index is -0.00499. The summed E-state index contributed by atoms with van der Waals surface area (Å²) < 4.78 is 5.38. The standard InChI is InChI=1S/C13H15N3O2/c1-18-13-9-3-2-7-6-11(17)15-16-12(7)8(9)4-5-10(13)14/h4-5,7H,2-3,6,14H2,1H3,(H,15,17). The largest absolute Gasteiger partial charge is 0.494 e. The minimum absolute atomic E-state index is 0.00499. The van der Waals surface area contributed by atoms with Crippen LogP contribution in [0.3, 0.4) is 0 Å². The number of amides is 1. The number of nitrogens with two attached hydrogens (primary N) is 1. The predicted octanol–water partition coefficient (Wildman–Crippen LogP) is 1.06. The smallest absolute Gasteiger partial charge is 0.240 e. The van der Waals surface area contributed by atoms with Gasteiger partial charge in [-0.2, -0.15) is 5.10 Å². The van der Waals surface area contributed by atoms with Gasteiger partial charge in [0.25, 0.3) is 0 Å². The molecule has 1 aromatic carbocycles. The Labute approximate surface area is 105 Å². The van der Waals surface area contributed by atoms with Gasteiger partial charge < -0.3 is 10.5 Å². The van der Waals surface area contributed by atoms with Gasteiger partial charge in [-0.1, -0.05) is 6.07 Å². The van der Waals surface area contributed by atoms with E-state index in [0.29, 0.717) is 12.1 Å². The molecule has 0 spiro atoms. The monoisotopic (exact) mass is 245 g/mol. The maximum atomic E-state index is 11.3. The minimum Gasteiger partial charge on any atom is -0.494 e. The van der Waals surface area contributed by atoms with Crippen LogP contribution < -0.4 is 15.9 Å². The van der Waals surface area contributed by atoms with E-state index in [9.17, 15) is 4.79 Å². The van der Waals surface area contributed by atoms with Crippen LogP contribution in [0.2, 0.25) is 0 Å². The first-order valence-electron chi connectivity index (χ1n) is 6.03. The van der Waals surface area contributed by atoms with E-state index in [-0.39, 0.29) is 11.8 Å². The van der Waals surface area contributed by atoms with Crippen molar-refractivity contribution in [3.8, 4) is 5.75 Å². The number of carbonyl (C=O) groups excluding carboxylic acids is 1. The highest BCUT2D eigenvalue weighted by Crippen LogP contribution is 2.37. The molecular formula is C13H15N3O2. The lowest BCUT2D eigenvalue weighted by molar-refractivity contribution is -0.122. The van der Waals surface area contributed by atoms with Crippen LogP contribution >= 0.6 is 0 Å². The number of rotatable bonds is 1. The molecule has 5 heteroatoms. The van der Waals surface area contributed by atoms with Crippen LogP contribution in [0.15, 0.2) is 17.2 Å². The normalized spacial score (nSPS) is 21.5. The molecule has 0 radical (unpaired) electrons. The Morgan fingerprint density at radius 1 is 1.50 bits per heavy atom. The number of nitrogens with zero attached hydrogens (tertiary/aromatic N) is 1. The number of hydrazone groups is 1. The van der Waals surface area contributed by atoms with Crippen molar-refractivity contribution in [2.24, 2.45) is 11.0 Å². The van der Waals surface area contributed by atoms with E-state index < -0.39 is 0 Å². The molecular weight excluding hydrogens is 230 g/mol. The van der Waals surface area contributed by atoms with Gasteiger partial charge in [0.15, 0.2) is 0 Å². The zero-order valence-electron chi connectivity index (χ0n) is 10.2. The molecule has 3 N–H and O–H groups in total. The van der Waals surface area contributed by atoms with Gasteiger partial charge in [-0.05, 0) is 18.9 Å². The Morgan fingerprint density at radius 3 is 3.11 bits per heavy atom. The highest BCUT2D eigenvalue weighted by molar-refractivity contribution is 6.08. The lowest BCUT2D eigenvalue weighted by Crippen LogP contribution is -2.36. The molecule has 1 unspecified atom stereocenters. The first kappa shape index (κ1) is 11.1. The van der Waals surface area contributed by atoms with Gasteiger partial charge in [0.2, 0.25) is 5.91 Å². The molecule has 1 aliphatic carbocycles. The number of ether oxygens (including phenoxy) is 1. The molecule has 18 heavy (non-hydrogen) atoms. The Balaban J connectivity index is 2.13. The molecule has 0 saturated heterocycles. The summed E-state index contributed by atoms with van der Waals surface area (Å²) in [5, 5.41) is 4.20. The Bertz CT molecular complexity index is 551. The number of anilines is 1. The zero-order chi connectivity index (χ0) is 12.7. The third-order valence-electron chi connectivity index (χ3n) is 3.63. The molecule has 1 aromatic rings. The molecule has 1 aliphatic heterocycles. The Morgan fingerprint density at radius 2 is 2.33 bits per heavy atom.